The molecule has 17 heavy (non-hydrogen) atoms. The first-order valence-electron chi connectivity index (χ1n) is 6.19. The van der Waals surface area contributed by atoms with Crippen LogP contribution in [0, 0.1) is 5.92 Å². The number of nitrogens with zero attached hydrogens (tertiary/aromatic N) is 2. The summed E-state index contributed by atoms with van der Waals surface area (Å²) in [6.07, 6.45) is 7.44. The Balaban J connectivity index is 1.84. The van der Waals surface area contributed by atoms with Gasteiger partial charge in [0.2, 0.25) is 0 Å². The second-order valence-electron chi connectivity index (χ2n) is 4.61. The fraction of sp³-hybridized carbons (Fsp3) is 0.667. The topological polar surface area (TPSA) is 70.1 Å². The molecule has 0 radical (unpaired) electrons. The van der Waals surface area contributed by atoms with Gasteiger partial charge in [-0.05, 0) is 25.2 Å². The second-order valence-corrected chi connectivity index (χ2v) is 4.61. The van der Waals surface area contributed by atoms with Crippen molar-refractivity contribution in [2.24, 2.45) is 5.92 Å². The van der Waals surface area contributed by atoms with E-state index in [0.29, 0.717) is 5.92 Å². The summed E-state index contributed by atoms with van der Waals surface area (Å²) >= 11 is 0. The normalized spacial score (nSPS) is 24.4. The molecule has 1 aromatic rings. The monoisotopic (exact) mass is 236 g/mol. The van der Waals surface area contributed by atoms with Gasteiger partial charge in [-0.1, -0.05) is 6.42 Å². The van der Waals surface area contributed by atoms with Crippen molar-refractivity contribution < 1.29 is 5.11 Å². The minimum atomic E-state index is -0.120. The van der Waals surface area contributed by atoms with Crippen LogP contribution in [0.3, 0.4) is 0 Å². The van der Waals surface area contributed by atoms with Gasteiger partial charge in [-0.3, -0.25) is 4.98 Å². The van der Waals surface area contributed by atoms with E-state index >= 15 is 0 Å². The molecule has 5 nitrogen and oxygen atoms in total. The maximum absolute atomic E-state index is 9.59. The Hall–Kier alpha value is -1.36. The van der Waals surface area contributed by atoms with Crippen molar-refractivity contribution in [1.29, 1.82) is 0 Å². The van der Waals surface area contributed by atoms with E-state index < -0.39 is 0 Å². The van der Waals surface area contributed by atoms with Crippen molar-refractivity contribution in [3.63, 3.8) is 0 Å². The lowest BCUT2D eigenvalue weighted by molar-refractivity contribution is 0.104. The van der Waals surface area contributed by atoms with Gasteiger partial charge in [-0.25, -0.2) is 4.98 Å². The van der Waals surface area contributed by atoms with Crippen LogP contribution in [0.4, 0.5) is 11.6 Å². The van der Waals surface area contributed by atoms with E-state index in [2.05, 4.69) is 20.6 Å². The predicted octanol–water partition coefficient (Wildman–Crippen LogP) is 1.48. The first-order valence-corrected chi connectivity index (χ1v) is 6.19. The molecule has 1 aromatic heterocycles. The van der Waals surface area contributed by atoms with E-state index in [4.69, 9.17) is 0 Å². The number of hydrogen-bond donors (Lipinski definition) is 3. The standard InChI is InChI=1S/C12H20N4O/c1-13-11-7-14-8-12(16-11)15-6-9-3-2-4-10(17)5-9/h7-10,17H,2-6H2,1H3,(H2,13,15,16). The van der Waals surface area contributed by atoms with E-state index in [0.717, 1.165) is 37.4 Å². The number of rotatable bonds is 4. The van der Waals surface area contributed by atoms with Gasteiger partial charge >= 0.3 is 0 Å². The van der Waals surface area contributed by atoms with Crippen LogP contribution < -0.4 is 10.6 Å². The Bertz CT molecular complexity index is 358. The van der Waals surface area contributed by atoms with Gasteiger partial charge in [0.15, 0.2) is 0 Å². The molecule has 0 amide bonds. The fourth-order valence-electron chi connectivity index (χ4n) is 2.27. The summed E-state index contributed by atoms with van der Waals surface area (Å²) < 4.78 is 0. The lowest BCUT2D eigenvalue weighted by Crippen LogP contribution is -2.25. The van der Waals surface area contributed by atoms with Crippen molar-refractivity contribution in [2.45, 2.75) is 31.8 Å². The third-order valence-corrected chi connectivity index (χ3v) is 3.22. The van der Waals surface area contributed by atoms with Gasteiger partial charge in [-0.15, -0.1) is 0 Å². The van der Waals surface area contributed by atoms with E-state index in [-0.39, 0.29) is 6.10 Å². The van der Waals surface area contributed by atoms with Crippen LogP contribution in [0.2, 0.25) is 0 Å². The van der Waals surface area contributed by atoms with Crippen LogP contribution >= 0.6 is 0 Å². The highest BCUT2D eigenvalue weighted by Gasteiger charge is 2.19. The Labute approximate surface area is 102 Å². The number of hydrogen-bond acceptors (Lipinski definition) is 5. The fourth-order valence-corrected chi connectivity index (χ4v) is 2.27. The SMILES string of the molecule is CNc1cncc(NCC2CCCC(O)C2)n1. The Morgan fingerprint density at radius 3 is 2.94 bits per heavy atom. The third-order valence-electron chi connectivity index (χ3n) is 3.22. The molecule has 1 saturated carbocycles. The molecular formula is C12H20N4O. The van der Waals surface area contributed by atoms with Crippen molar-refractivity contribution in [2.75, 3.05) is 24.2 Å². The van der Waals surface area contributed by atoms with Crippen LogP contribution in [0.25, 0.3) is 0 Å². The van der Waals surface area contributed by atoms with Crippen LogP contribution in [-0.2, 0) is 0 Å². The largest absolute Gasteiger partial charge is 0.393 e. The molecule has 1 heterocycles. The maximum atomic E-state index is 9.59. The molecule has 1 fully saturated rings. The highest BCUT2D eigenvalue weighted by Crippen LogP contribution is 2.24. The molecule has 0 aromatic carbocycles. The predicted molar refractivity (Wildman–Crippen MR) is 68.0 cm³/mol. The highest BCUT2D eigenvalue weighted by molar-refractivity contribution is 5.40. The van der Waals surface area contributed by atoms with Gasteiger partial charge in [0.25, 0.3) is 0 Å². The van der Waals surface area contributed by atoms with Gasteiger partial charge in [0.1, 0.15) is 11.6 Å². The summed E-state index contributed by atoms with van der Waals surface area (Å²) in [6.45, 7) is 0.860. The van der Waals surface area contributed by atoms with E-state index in [1.165, 1.54) is 6.42 Å². The summed E-state index contributed by atoms with van der Waals surface area (Å²) in [7, 11) is 1.82. The zero-order valence-electron chi connectivity index (χ0n) is 10.2. The average molecular weight is 236 g/mol. The van der Waals surface area contributed by atoms with Gasteiger partial charge < -0.3 is 15.7 Å². The first-order chi connectivity index (χ1) is 8.28. The lowest BCUT2D eigenvalue weighted by atomic mass is 9.87. The number of nitrogens with one attached hydrogen (secondary N) is 2. The number of aromatic nitrogens is 2. The number of anilines is 2. The molecule has 0 spiro atoms. The second kappa shape index (κ2) is 5.82. The smallest absolute Gasteiger partial charge is 0.146 e. The van der Waals surface area contributed by atoms with Crippen LogP contribution in [0.5, 0.6) is 0 Å². The molecule has 0 saturated heterocycles. The number of aliphatic hydroxyl groups is 1. The Kier molecular flexibility index (Phi) is 4.14. The highest BCUT2D eigenvalue weighted by atomic mass is 16.3. The summed E-state index contributed by atoms with van der Waals surface area (Å²) in [5.41, 5.74) is 0. The zero-order valence-corrected chi connectivity index (χ0v) is 10.2. The molecule has 1 aliphatic rings. The van der Waals surface area contributed by atoms with Crippen LogP contribution in [-0.4, -0.2) is 34.8 Å². The number of aliphatic hydroxyl groups excluding tert-OH is 1. The molecule has 5 heteroatoms. The molecule has 1 aliphatic carbocycles. The molecule has 0 bridgehead atoms. The molecule has 0 aliphatic heterocycles. The average Bonchev–Trinajstić information content (AvgIpc) is 2.37. The molecule has 2 unspecified atom stereocenters. The zero-order chi connectivity index (χ0) is 12.1. The van der Waals surface area contributed by atoms with Gasteiger partial charge in [0.05, 0.1) is 18.5 Å². The van der Waals surface area contributed by atoms with E-state index in [9.17, 15) is 5.11 Å². The minimum absolute atomic E-state index is 0.120. The van der Waals surface area contributed by atoms with Gasteiger partial charge in [-0.2, -0.15) is 0 Å². The molecule has 94 valence electrons. The summed E-state index contributed by atoms with van der Waals surface area (Å²) in [5.74, 6) is 2.09. The molecule has 2 atom stereocenters. The molecule has 2 rings (SSSR count). The van der Waals surface area contributed by atoms with Crippen molar-refractivity contribution in [3.8, 4) is 0 Å². The minimum Gasteiger partial charge on any atom is -0.393 e. The van der Waals surface area contributed by atoms with Gasteiger partial charge in [0, 0.05) is 13.6 Å². The maximum Gasteiger partial charge on any atom is 0.146 e. The summed E-state index contributed by atoms with van der Waals surface area (Å²) in [6, 6.07) is 0. The van der Waals surface area contributed by atoms with E-state index in [1.54, 1.807) is 12.4 Å². The van der Waals surface area contributed by atoms with Crippen LogP contribution in [0.15, 0.2) is 12.4 Å². The third kappa shape index (κ3) is 3.56. The molecular weight excluding hydrogens is 216 g/mol. The van der Waals surface area contributed by atoms with Crippen molar-refractivity contribution in [1.82, 2.24) is 9.97 Å². The van der Waals surface area contributed by atoms with Crippen molar-refractivity contribution in [3.05, 3.63) is 12.4 Å². The first kappa shape index (κ1) is 12.1. The molecule has 3 N–H and O–H groups in total. The quantitative estimate of drug-likeness (QED) is 0.738. The Morgan fingerprint density at radius 1 is 1.35 bits per heavy atom. The lowest BCUT2D eigenvalue weighted by Gasteiger charge is -2.26. The van der Waals surface area contributed by atoms with E-state index in [1.807, 2.05) is 7.05 Å². The summed E-state index contributed by atoms with van der Waals surface area (Å²) in [5, 5.41) is 15.8. The van der Waals surface area contributed by atoms with Crippen LogP contribution in [0.1, 0.15) is 25.7 Å². The Morgan fingerprint density at radius 2 is 2.18 bits per heavy atom. The summed E-state index contributed by atoms with van der Waals surface area (Å²) in [4.78, 5) is 8.44. The van der Waals surface area contributed by atoms with Crippen molar-refractivity contribution >= 4 is 11.6 Å².